The molecule has 27 heavy (non-hydrogen) atoms. The molecular formula is C22H23ClN2OS. The largest absolute Gasteiger partial charge is 0.283 e. The fourth-order valence-electron chi connectivity index (χ4n) is 3.83. The van der Waals surface area contributed by atoms with Crippen molar-refractivity contribution in [2.45, 2.75) is 45.6 Å². The van der Waals surface area contributed by atoms with Crippen LogP contribution in [0.3, 0.4) is 0 Å². The number of hydrogen-bond donors (Lipinski definition) is 0. The number of benzene rings is 2. The first-order valence-electron chi connectivity index (χ1n) is 9.54. The number of anilines is 1. The Morgan fingerprint density at radius 3 is 2.67 bits per heavy atom. The first-order chi connectivity index (χ1) is 13.1. The van der Waals surface area contributed by atoms with Crippen molar-refractivity contribution in [3.8, 4) is 0 Å². The molecule has 0 N–H and O–H groups in total. The lowest BCUT2D eigenvalue weighted by Gasteiger charge is -2.27. The topological polar surface area (TPSA) is 33.2 Å². The van der Waals surface area contributed by atoms with Gasteiger partial charge in [0, 0.05) is 10.9 Å². The smallest absolute Gasteiger partial charge is 0.232 e. The maximum absolute atomic E-state index is 13.4. The van der Waals surface area contributed by atoms with Crippen LogP contribution in [-0.4, -0.2) is 10.9 Å². The molecule has 1 fully saturated rings. The number of thiazole rings is 1. The van der Waals surface area contributed by atoms with E-state index < -0.39 is 0 Å². The van der Waals surface area contributed by atoms with Gasteiger partial charge in [0.2, 0.25) is 5.91 Å². The first kappa shape index (κ1) is 18.5. The SMILES string of the molecule is Cc1cc(Cl)cc2sc(N(Cc3ccccc3)C(=O)C3CCCCC3)nc12. The number of fused-ring (bicyclic) bond motifs is 1. The van der Waals surface area contributed by atoms with Crippen LogP contribution >= 0.6 is 22.9 Å². The molecule has 4 rings (SSSR count). The van der Waals surface area contributed by atoms with Crippen molar-refractivity contribution in [1.82, 2.24) is 4.98 Å². The Morgan fingerprint density at radius 2 is 1.93 bits per heavy atom. The van der Waals surface area contributed by atoms with Crippen LogP contribution in [0.2, 0.25) is 5.02 Å². The minimum absolute atomic E-state index is 0.110. The Kier molecular flexibility index (Phi) is 5.46. The summed E-state index contributed by atoms with van der Waals surface area (Å²) < 4.78 is 1.03. The molecule has 1 aliphatic rings. The molecule has 1 aliphatic carbocycles. The standard InChI is InChI=1S/C22H23ClN2OS/c1-15-12-18(23)13-19-20(15)24-22(27-19)25(14-16-8-4-2-5-9-16)21(26)17-10-6-3-7-11-17/h2,4-5,8-9,12-13,17H,3,6-7,10-11,14H2,1H3. The van der Waals surface area contributed by atoms with E-state index in [0.29, 0.717) is 11.6 Å². The Morgan fingerprint density at radius 1 is 1.19 bits per heavy atom. The number of aryl methyl sites for hydroxylation is 1. The summed E-state index contributed by atoms with van der Waals surface area (Å²) in [5.41, 5.74) is 3.11. The van der Waals surface area contributed by atoms with Gasteiger partial charge in [-0.1, -0.05) is 72.5 Å². The van der Waals surface area contributed by atoms with Crippen molar-refractivity contribution in [3.63, 3.8) is 0 Å². The second-order valence-corrected chi connectivity index (χ2v) is 8.76. The number of aromatic nitrogens is 1. The average Bonchev–Trinajstić information content (AvgIpc) is 3.11. The summed E-state index contributed by atoms with van der Waals surface area (Å²) in [7, 11) is 0. The van der Waals surface area contributed by atoms with Crippen molar-refractivity contribution in [1.29, 1.82) is 0 Å². The highest BCUT2D eigenvalue weighted by Crippen LogP contribution is 2.35. The predicted octanol–water partition coefficient (Wildman–Crippen LogP) is 6.37. The number of rotatable bonds is 4. The van der Waals surface area contributed by atoms with Crippen LogP contribution in [0, 0.1) is 12.8 Å². The van der Waals surface area contributed by atoms with E-state index >= 15 is 0 Å². The molecule has 1 saturated carbocycles. The van der Waals surface area contributed by atoms with Gasteiger partial charge in [-0.2, -0.15) is 0 Å². The Hall–Kier alpha value is -1.91. The highest BCUT2D eigenvalue weighted by molar-refractivity contribution is 7.22. The van der Waals surface area contributed by atoms with Gasteiger partial charge >= 0.3 is 0 Å². The third-order valence-corrected chi connectivity index (χ3v) is 6.52. The van der Waals surface area contributed by atoms with Gasteiger partial charge in [-0.15, -0.1) is 0 Å². The summed E-state index contributed by atoms with van der Waals surface area (Å²) in [6, 6.07) is 14.0. The van der Waals surface area contributed by atoms with Crippen LogP contribution in [0.15, 0.2) is 42.5 Å². The third-order valence-electron chi connectivity index (χ3n) is 5.27. The Bertz CT molecular complexity index is 948. The van der Waals surface area contributed by atoms with Gasteiger partial charge in [0.1, 0.15) is 0 Å². The van der Waals surface area contributed by atoms with Gasteiger partial charge in [0.05, 0.1) is 16.8 Å². The van der Waals surface area contributed by atoms with Gasteiger partial charge in [0.25, 0.3) is 0 Å². The van der Waals surface area contributed by atoms with E-state index in [1.54, 1.807) is 11.3 Å². The van der Waals surface area contributed by atoms with E-state index in [1.807, 2.05) is 42.2 Å². The lowest BCUT2D eigenvalue weighted by atomic mass is 9.88. The van der Waals surface area contributed by atoms with Gasteiger partial charge in [-0.3, -0.25) is 9.69 Å². The van der Waals surface area contributed by atoms with Crippen molar-refractivity contribution < 1.29 is 4.79 Å². The summed E-state index contributed by atoms with van der Waals surface area (Å²) in [6.07, 6.45) is 5.50. The molecule has 140 valence electrons. The molecule has 0 aliphatic heterocycles. The van der Waals surface area contributed by atoms with Crippen LogP contribution < -0.4 is 4.90 Å². The van der Waals surface area contributed by atoms with Crippen molar-refractivity contribution in [2.24, 2.45) is 5.92 Å². The highest BCUT2D eigenvalue weighted by Gasteiger charge is 2.29. The van der Waals surface area contributed by atoms with Gasteiger partial charge < -0.3 is 0 Å². The van der Waals surface area contributed by atoms with Crippen LogP contribution in [0.25, 0.3) is 10.2 Å². The minimum atomic E-state index is 0.110. The fraction of sp³-hybridized carbons (Fsp3) is 0.364. The van der Waals surface area contributed by atoms with Crippen LogP contribution in [0.1, 0.15) is 43.2 Å². The lowest BCUT2D eigenvalue weighted by Crippen LogP contribution is -2.36. The van der Waals surface area contributed by atoms with Gasteiger partial charge in [-0.05, 0) is 43.0 Å². The van der Waals surface area contributed by atoms with Crippen LogP contribution in [-0.2, 0) is 11.3 Å². The van der Waals surface area contributed by atoms with E-state index in [9.17, 15) is 4.79 Å². The highest BCUT2D eigenvalue weighted by atomic mass is 35.5. The van der Waals surface area contributed by atoms with E-state index in [4.69, 9.17) is 16.6 Å². The second kappa shape index (κ2) is 7.99. The van der Waals surface area contributed by atoms with Crippen molar-refractivity contribution in [2.75, 3.05) is 4.90 Å². The number of amides is 1. The predicted molar refractivity (Wildman–Crippen MR) is 114 cm³/mol. The molecule has 3 nitrogen and oxygen atoms in total. The maximum Gasteiger partial charge on any atom is 0.232 e. The Balaban J connectivity index is 1.72. The van der Waals surface area contributed by atoms with Gasteiger partial charge in [0.15, 0.2) is 5.13 Å². The molecule has 1 aromatic heterocycles. The Labute approximate surface area is 169 Å². The molecular weight excluding hydrogens is 376 g/mol. The molecule has 0 unspecified atom stereocenters. The summed E-state index contributed by atoms with van der Waals surface area (Å²) in [5.74, 6) is 0.320. The summed E-state index contributed by atoms with van der Waals surface area (Å²) >= 11 is 7.78. The second-order valence-electron chi connectivity index (χ2n) is 7.31. The first-order valence-corrected chi connectivity index (χ1v) is 10.7. The molecule has 1 heterocycles. The third kappa shape index (κ3) is 4.02. The normalized spacial score (nSPS) is 15.2. The molecule has 0 bridgehead atoms. The zero-order chi connectivity index (χ0) is 18.8. The van der Waals surface area contributed by atoms with E-state index in [-0.39, 0.29) is 11.8 Å². The van der Waals surface area contributed by atoms with Gasteiger partial charge in [-0.25, -0.2) is 4.98 Å². The number of carbonyl (C=O) groups is 1. The van der Waals surface area contributed by atoms with E-state index in [2.05, 4.69) is 12.1 Å². The number of nitrogens with zero attached hydrogens (tertiary/aromatic N) is 2. The average molecular weight is 399 g/mol. The maximum atomic E-state index is 13.4. The summed E-state index contributed by atoms with van der Waals surface area (Å²) in [5, 5.41) is 1.48. The molecule has 2 aromatic carbocycles. The molecule has 3 aromatic rings. The minimum Gasteiger partial charge on any atom is -0.283 e. The fourth-order valence-corrected chi connectivity index (χ4v) is 5.26. The van der Waals surface area contributed by atoms with E-state index in [1.165, 1.54) is 6.42 Å². The lowest BCUT2D eigenvalue weighted by molar-refractivity contribution is -0.123. The number of carbonyl (C=O) groups excluding carboxylic acids is 1. The zero-order valence-electron chi connectivity index (χ0n) is 15.5. The van der Waals surface area contributed by atoms with E-state index in [0.717, 1.165) is 52.2 Å². The summed E-state index contributed by atoms with van der Waals surface area (Å²) in [6.45, 7) is 2.57. The van der Waals surface area contributed by atoms with Crippen molar-refractivity contribution in [3.05, 3.63) is 58.6 Å². The molecule has 1 amide bonds. The monoisotopic (exact) mass is 398 g/mol. The molecule has 5 heteroatoms. The van der Waals surface area contributed by atoms with Crippen LogP contribution in [0.5, 0.6) is 0 Å². The van der Waals surface area contributed by atoms with Crippen LogP contribution in [0.4, 0.5) is 5.13 Å². The number of halogens is 1. The van der Waals surface area contributed by atoms with Crippen molar-refractivity contribution >= 4 is 44.2 Å². The zero-order valence-corrected chi connectivity index (χ0v) is 17.0. The number of hydrogen-bond acceptors (Lipinski definition) is 3. The summed E-state index contributed by atoms with van der Waals surface area (Å²) in [4.78, 5) is 20.1. The molecule has 0 atom stereocenters. The quantitative estimate of drug-likeness (QED) is 0.511. The molecule has 0 saturated heterocycles. The molecule has 0 spiro atoms. The molecule has 0 radical (unpaired) electrons.